The topological polar surface area (TPSA) is 72.2 Å². The molecule has 16 heavy (non-hydrogen) atoms. The summed E-state index contributed by atoms with van der Waals surface area (Å²) in [5, 5.41) is 13.2. The van der Waals surface area contributed by atoms with Gasteiger partial charge in [-0.1, -0.05) is 0 Å². The van der Waals surface area contributed by atoms with Gasteiger partial charge in [0.25, 0.3) is 5.69 Å². The maximum atomic E-state index is 11.1. The van der Waals surface area contributed by atoms with Gasteiger partial charge in [-0.05, 0) is 28.9 Å². The number of amides is 1. The number of nitrogens with one attached hydrogen (secondary N) is 1. The van der Waals surface area contributed by atoms with Gasteiger partial charge in [0.1, 0.15) is 5.88 Å². The van der Waals surface area contributed by atoms with E-state index in [1.165, 1.54) is 6.07 Å². The van der Waals surface area contributed by atoms with E-state index in [0.29, 0.717) is 15.7 Å². The first-order valence-electron chi connectivity index (χ1n) is 4.26. The summed E-state index contributed by atoms with van der Waals surface area (Å²) in [6.07, 6.45) is 0. The van der Waals surface area contributed by atoms with Gasteiger partial charge in [0.2, 0.25) is 5.91 Å². The Bertz CT molecular complexity index is 451. The molecule has 1 N–H and O–H groups in total. The molecular formula is C9H8BrClN2O3. The molecule has 0 atom stereocenters. The number of rotatable bonds is 3. The van der Waals surface area contributed by atoms with Gasteiger partial charge < -0.3 is 5.32 Å². The predicted octanol–water partition coefficient (Wildman–Crippen LogP) is 2.84. The third kappa shape index (κ3) is 2.93. The van der Waals surface area contributed by atoms with Crippen LogP contribution in [0.1, 0.15) is 5.56 Å². The van der Waals surface area contributed by atoms with Gasteiger partial charge in [-0.3, -0.25) is 14.9 Å². The maximum absolute atomic E-state index is 11.1. The summed E-state index contributed by atoms with van der Waals surface area (Å²) in [5.41, 5.74) is 0.803. The van der Waals surface area contributed by atoms with E-state index in [1.54, 1.807) is 13.0 Å². The summed E-state index contributed by atoms with van der Waals surface area (Å²) in [6, 6.07) is 2.87. The van der Waals surface area contributed by atoms with Crippen molar-refractivity contribution < 1.29 is 9.72 Å². The largest absolute Gasteiger partial charge is 0.324 e. The first kappa shape index (κ1) is 12.9. The molecule has 0 saturated heterocycles. The smallest absolute Gasteiger partial charge is 0.274 e. The van der Waals surface area contributed by atoms with Crippen molar-refractivity contribution in [1.82, 2.24) is 0 Å². The highest BCUT2D eigenvalue weighted by Crippen LogP contribution is 2.30. The molecule has 7 heteroatoms. The SMILES string of the molecule is Cc1cc(Br)c(NC(=O)CCl)cc1[N+](=O)[O-]. The average Bonchev–Trinajstić information content (AvgIpc) is 2.21. The number of halogens is 2. The molecule has 1 amide bonds. The molecule has 0 aliphatic carbocycles. The fourth-order valence-corrected chi connectivity index (χ4v) is 1.76. The van der Waals surface area contributed by atoms with E-state index in [2.05, 4.69) is 21.2 Å². The van der Waals surface area contributed by atoms with Crippen molar-refractivity contribution in [1.29, 1.82) is 0 Å². The molecule has 0 bridgehead atoms. The first-order chi connectivity index (χ1) is 7.45. The molecule has 0 aromatic heterocycles. The maximum Gasteiger partial charge on any atom is 0.274 e. The van der Waals surface area contributed by atoms with Gasteiger partial charge in [-0.25, -0.2) is 0 Å². The van der Waals surface area contributed by atoms with Gasteiger partial charge in [-0.2, -0.15) is 0 Å². The molecule has 5 nitrogen and oxygen atoms in total. The van der Waals surface area contributed by atoms with Crippen molar-refractivity contribution in [3.05, 3.63) is 32.3 Å². The standard InChI is InChI=1S/C9H8BrClN2O3/c1-5-2-6(10)7(12-9(14)4-11)3-8(5)13(15)16/h2-3H,4H2,1H3,(H,12,14). The molecule has 0 saturated carbocycles. The van der Waals surface area contributed by atoms with Gasteiger partial charge >= 0.3 is 0 Å². The van der Waals surface area contributed by atoms with Crippen LogP contribution in [0, 0.1) is 17.0 Å². The molecule has 0 spiro atoms. The van der Waals surface area contributed by atoms with Gasteiger partial charge in [0.15, 0.2) is 0 Å². The Balaban J connectivity index is 3.14. The molecule has 0 aliphatic heterocycles. The van der Waals surface area contributed by atoms with Crippen LogP contribution in [0.25, 0.3) is 0 Å². The van der Waals surface area contributed by atoms with E-state index in [1.807, 2.05) is 0 Å². The second-order valence-corrected chi connectivity index (χ2v) is 4.18. The zero-order valence-electron chi connectivity index (χ0n) is 8.29. The molecule has 0 heterocycles. The number of nitro benzene ring substituents is 1. The highest BCUT2D eigenvalue weighted by molar-refractivity contribution is 9.10. The van der Waals surface area contributed by atoms with E-state index >= 15 is 0 Å². The van der Waals surface area contributed by atoms with E-state index in [4.69, 9.17) is 11.6 Å². The fourth-order valence-electron chi connectivity index (χ4n) is 1.14. The number of aryl methyl sites for hydroxylation is 1. The number of benzene rings is 1. The molecule has 86 valence electrons. The highest BCUT2D eigenvalue weighted by Gasteiger charge is 2.15. The zero-order valence-corrected chi connectivity index (χ0v) is 10.6. The molecule has 1 aromatic carbocycles. The number of carbonyl (C=O) groups excluding carboxylic acids is 1. The van der Waals surface area contributed by atoms with Gasteiger partial charge in [-0.15, -0.1) is 11.6 Å². The Morgan fingerprint density at radius 2 is 2.25 bits per heavy atom. The molecule has 0 radical (unpaired) electrons. The average molecular weight is 308 g/mol. The number of carbonyl (C=O) groups is 1. The van der Waals surface area contributed by atoms with E-state index in [-0.39, 0.29) is 11.6 Å². The third-order valence-electron chi connectivity index (χ3n) is 1.88. The molecule has 1 aromatic rings. The Kier molecular flexibility index (Phi) is 4.26. The zero-order chi connectivity index (χ0) is 12.3. The minimum Gasteiger partial charge on any atom is -0.324 e. The second-order valence-electron chi connectivity index (χ2n) is 3.06. The van der Waals surface area contributed by atoms with Crippen LogP contribution >= 0.6 is 27.5 Å². The predicted molar refractivity (Wildman–Crippen MR) is 64.9 cm³/mol. The van der Waals surface area contributed by atoms with Crippen LogP contribution in [-0.2, 0) is 4.79 Å². The number of nitro groups is 1. The van der Waals surface area contributed by atoms with Gasteiger partial charge in [0, 0.05) is 16.1 Å². The van der Waals surface area contributed by atoms with E-state index < -0.39 is 10.8 Å². The summed E-state index contributed by atoms with van der Waals surface area (Å²) in [5.74, 6) is -0.616. The number of alkyl halides is 1. The van der Waals surface area contributed by atoms with Crippen molar-refractivity contribution in [2.45, 2.75) is 6.92 Å². The monoisotopic (exact) mass is 306 g/mol. The first-order valence-corrected chi connectivity index (χ1v) is 5.58. The van der Waals surface area contributed by atoms with Crippen LogP contribution < -0.4 is 5.32 Å². The Morgan fingerprint density at radius 1 is 1.62 bits per heavy atom. The second kappa shape index (κ2) is 5.27. The number of nitrogens with zero attached hydrogens (tertiary/aromatic N) is 1. The highest BCUT2D eigenvalue weighted by atomic mass is 79.9. The van der Waals surface area contributed by atoms with Crippen molar-refractivity contribution in [3.63, 3.8) is 0 Å². The number of anilines is 1. The van der Waals surface area contributed by atoms with Crippen molar-refractivity contribution in [2.75, 3.05) is 11.2 Å². The minimum atomic E-state index is -0.502. The summed E-state index contributed by atoms with van der Waals surface area (Å²) in [4.78, 5) is 21.3. The van der Waals surface area contributed by atoms with Crippen molar-refractivity contribution in [2.24, 2.45) is 0 Å². The van der Waals surface area contributed by atoms with Crippen LogP contribution in [0.3, 0.4) is 0 Å². The summed E-state index contributed by atoms with van der Waals surface area (Å²) < 4.78 is 0.578. The molecule has 0 aliphatic rings. The number of hydrogen-bond acceptors (Lipinski definition) is 3. The molecule has 0 fully saturated rings. The Labute approximate surface area is 105 Å². The lowest BCUT2D eigenvalue weighted by molar-refractivity contribution is -0.385. The molecule has 1 rings (SSSR count). The number of hydrogen-bond donors (Lipinski definition) is 1. The Morgan fingerprint density at radius 3 is 2.75 bits per heavy atom. The lowest BCUT2D eigenvalue weighted by Gasteiger charge is -2.07. The fraction of sp³-hybridized carbons (Fsp3) is 0.222. The van der Waals surface area contributed by atoms with Crippen molar-refractivity contribution in [3.8, 4) is 0 Å². The van der Waals surface area contributed by atoms with E-state index in [9.17, 15) is 14.9 Å². The van der Waals surface area contributed by atoms with Crippen molar-refractivity contribution >= 4 is 44.8 Å². The van der Waals surface area contributed by atoms with Crippen LogP contribution in [0.5, 0.6) is 0 Å². The van der Waals surface area contributed by atoms with Crippen LogP contribution in [0.15, 0.2) is 16.6 Å². The minimum absolute atomic E-state index is 0.0481. The van der Waals surface area contributed by atoms with Crippen LogP contribution in [0.4, 0.5) is 11.4 Å². The Hall–Kier alpha value is -1.14. The summed E-state index contributed by atoms with van der Waals surface area (Å²) in [6.45, 7) is 1.62. The summed E-state index contributed by atoms with van der Waals surface area (Å²) >= 11 is 8.53. The third-order valence-corrected chi connectivity index (χ3v) is 2.78. The lowest BCUT2D eigenvalue weighted by atomic mass is 10.2. The van der Waals surface area contributed by atoms with Crippen LogP contribution in [-0.4, -0.2) is 16.7 Å². The molecule has 0 unspecified atom stereocenters. The lowest BCUT2D eigenvalue weighted by Crippen LogP contribution is -2.13. The summed E-state index contributed by atoms with van der Waals surface area (Å²) in [7, 11) is 0. The van der Waals surface area contributed by atoms with E-state index in [0.717, 1.165) is 0 Å². The normalized spacial score (nSPS) is 9.94. The quantitative estimate of drug-likeness (QED) is 0.530. The molecular weight excluding hydrogens is 299 g/mol. The van der Waals surface area contributed by atoms with Gasteiger partial charge in [0.05, 0.1) is 10.6 Å². The van der Waals surface area contributed by atoms with Crippen LogP contribution in [0.2, 0.25) is 0 Å².